The molecule has 20 heavy (non-hydrogen) atoms. The van der Waals surface area contributed by atoms with E-state index >= 15 is 0 Å². The summed E-state index contributed by atoms with van der Waals surface area (Å²) in [7, 11) is -3.46. The molecule has 0 aliphatic heterocycles. The molecule has 0 aromatic heterocycles. The zero-order chi connectivity index (χ0) is 14.2. The third kappa shape index (κ3) is 3.22. The van der Waals surface area contributed by atoms with Crippen LogP contribution in [0.15, 0.2) is 29.2 Å². The lowest BCUT2D eigenvalue weighted by Gasteiger charge is -2.16. The molecule has 0 saturated heterocycles. The van der Waals surface area contributed by atoms with E-state index in [9.17, 15) is 8.42 Å². The van der Waals surface area contributed by atoms with Crippen molar-refractivity contribution in [3.05, 3.63) is 29.8 Å². The highest BCUT2D eigenvalue weighted by atomic mass is 32.2. The molecule has 0 bridgehead atoms. The van der Waals surface area contributed by atoms with Gasteiger partial charge >= 0.3 is 0 Å². The van der Waals surface area contributed by atoms with Crippen LogP contribution in [-0.4, -0.2) is 20.1 Å². The highest BCUT2D eigenvalue weighted by Crippen LogP contribution is 2.48. The second kappa shape index (κ2) is 5.47. The van der Waals surface area contributed by atoms with Crippen LogP contribution in [0.5, 0.6) is 0 Å². The summed E-state index contributed by atoms with van der Waals surface area (Å²) in [6, 6.07) is 6.49. The van der Waals surface area contributed by atoms with Crippen molar-refractivity contribution in [2.24, 2.45) is 17.8 Å². The average molecular weight is 295 g/mol. The number of hydrogen-bond acceptors (Lipinski definition) is 3. The Labute approximate surface area is 120 Å². The fourth-order valence-electron chi connectivity index (χ4n) is 2.87. The molecule has 2 aliphatic rings. The van der Waals surface area contributed by atoms with Gasteiger partial charge in [-0.3, -0.25) is 0 Å². The first kappa shape index (κ1) is 14.0. The Balaban J connectivity index is 1.67. The van der Waals surface area contributed by atoms with Crippen LogP contribution in [0.2, 0.25) is 0 Å². The van der Waals surface area contributed by atoms with Gasteiger partial charge in [0.15, 0.2) is 0 Å². The minimum atomic E-state index is -3.46. The fourth-order valence-corrected chi connectivity index (χ4v) is 4.01. The summed E-state index contributed by atoms with van der Waals surface area (Å²) >= 11 is 0. The van der Waals surface area contributed by atoms with Crippen molar-refractivity contribution in [2.45, 2.75) is 37.2 Å². The Bertz CT molecular complexity index is 565. The first-order valence-corrected chi connectivity index (χ1v) is 8.78. The molecule has 0 heterocycles. The Kier molecular flexibility index (Phi) is 3.84. The Morgan fingerprint density at radius 1 is 1.20 bits per heavy atom. The molecule has 110 valence electrons. The number of sulfonamides is 1. The maximum atomic E-state index is 12.3. The number of nitrogens with one attached hydrogen (secondary N) is 1. The van der Waals surface area contributed by atoms with Crippen LogP contribution in [0, 0.1) is 17.8 Å². The molecule has 1 aromatic carbocycles. The van der Waals surface area contributed by atoms with Gasteiger partial charge in [-0.15, -0.1) is 0 Å². The quantitative estimate of drug-likeness (QED) is 0.807. The molecule has 3 rings (SSSR count). The van der Waals surface area contributed by atoms with E-state index in [4.69, 9.17) is 5.11 Å². The van der Waals surface area contributed by atoms with Crippen molar-refractivity contribution in [3.63, 3.8) is 0 Å². The highest BCUT2D eigenvalue weighted by molar-refractivity contribution is 7.89. The molecule has 0 spiro atoms. The zero-order valence-corrected chi connectivity index (χ0v) is 12.3. The summed E-state index contributed by atoms with van der Waals surface area (Å²) in [6.07, 6.45) is 5.01. The van der Waals surface area contributed by atoms with Crippen molar-refractivity contribution in [1.29, 1.82) is 0 Å². The molecule has 0 radical (unpaired) electrons. The molecule has 2 N–H and O–H groups in total. The van der Waals surface area contributed by atoms with E-state index in [-0.39, 0.29) is 11.5 Å². The maximum Gasteiger partial charge on any atom is 0.240 e. The van der Waals surface area contributed by atoms with Gasteiger partial charge in [0.05, 0.1) is 11.5 Å². The maximum absolute atomic E-state index is 12.3. The summed E-state index contributed by atoms with van der Waals surface area (Å²) in [5.74, 6) is 1.98. The normalized spacial score (nSPS) is 19.5. The number of rotatable bonds is 7. The van der Waals surface area contributed by atoms with Crippen LogP contribution in [0.3, 0.4) is 0 Å². The molecule has 2 saturated carbocycles. The van der Waals surface area contributed by atoms with E-state index in [0.29, 0.717) is 18.0 Å². The molecular weight excluding hydrogens is 274 g/mol. The first-order valence-electron chi connectivity index (χ1n) is 7.29. The highest BCUT2D eigenvalue weighted by Gasteiger charge is 2.41. The van der Waals surface area contributed by atoms with Crippen molar-refractivity contribution < 1.29 is 13.5 Å². The number of aliphatic hydroxyl groups is 1. The van der Waals surface area contributed by atoms with Crippen molar-refractivity contribution in [1.82, 2.24) is 4.72 Å². The average Bonchev–Trinajstić information content (AvgIpc) is 3.32. The molecule has 0 unspecified atom stereocenters. The molecule has 2 fully saturated rings. The molecular formula is C15H21NO3S. The van der Waals surface area contributed by atoms with Gasteiger partial charge in [0.2, 0.25) is 10.0 Å². The third-order valence-corrected chi connectivity index (χ3v) is 5.78. The summed E-state index contributed by atoms with van der Waals surface area (Å²) in [5.41, 5.74) is 0.619. The minimum absolute atomic E-state index is 0.143. The van der Waals surface area contributed by atoms with Gasteiger partial charge in [-0.25, -0.2) is 13.1 Å². The number of benzene rings is 1. The van der Waals surface area contributed by atoms with Gasteiger partial charge in [0.25, 0.3) is 0 Å². The van der Waals surface area contributed by atoms with Crippen LogP contribution < -0.4 is 4.72 Å². The number of aliphatic hydroxyl groups excluding tert-OH is 1. The fraction of sp³-hybridized carbons (Fsp3) is 0.600. The van der Waals surface area contributed by atoms with Crippen LogP contribution >= 0.6 is 0 Å². The van der Waals surface area contributed by atoms with E-state index < -0.39 is 10.0 Å². The van der Waals surface area contributed by atoms with Gasteiger partial charge in [-0.2, -0.15) is 0 Å². The van der Waals surface area contributed by atoms with Gasteiger partial charge in [0.1, 0.15) is 0 Å². The predicted octanol–water partition coefficient (Wildman–Crippen LogP) is 1.89. The van der Waals surface area contributed by atoms with E-state index in [1.54, 1.807) is 18.2 Å². The molecule has 0 amide bonds. The van der Waals surface area contributed by atoms with Gasteiger partial charge in [-0.05, 0) is 61.1 Å². The summed E-state index contributed by atoms with van der Waals surface area (Å²) in [4.78, 5) is 0.245. The van der Waals surface area contributed by atoms with Crippen molar-refractivity contribution in [2.75, 3.05) is 6.54 Å². The standard InChI is InChI=1S/C15H21NO3S/c17-10-11-2-1-3-14(8-11)20(18,19)16-9-15(12-4-5-12)13-6-7-13/h1-3,8,12-13,15-17H,4-7,9-10H2. The van der Waals surface area contributed by atoms with E-state index in [2.05, 4.69) is 4.72 Å². The second-order valence-corrected chi connectivity index (χ2v) is 7.76. The Hall–Kier alpha value is -0.910. The second-order valence-electron chi connectivity index (χ2n) is 6.00. The van der Waals surface area contributed by atoms with Crippen LogP contribution in [-0.2, 0) is 16.6 Å². The van der Waals surface area contributed by atoms with E-state index in [0.717, 1.165) is 11.8 Å². The van der Waals surface area contributed by atoms with Crippen LogP contribution in [0.25, 0.3) is 0 Å². The molecule has 1 aromatic rings. The van der Waals surface area contributed by atoms with Gasteiger partial charge in [-0.1, -0.05) is 12.1 Å². The van der Waals surface area contributed by atoms with Crippen LogP contribution in [0.1, 0.15) is 31.2 Å². The first-order chi connectivity index (χ1) is 9.60. The van der Waals surface area contributed by atoms with Crippen molar-refractivity contribution >= 4 is 10.0 Å². The monoisotopic (exact) mass is 295 g/mol. The smallest absolute Gasteiger partial charge is 0.240 e. The third-order valence-electron chi connectivity index (χ3n) is 4.36. The van der Waals surface area contributed by atoms with Crippen molar-refractivity contribution in [3.8, 4) is 0 Å². The molecule has 2 aliphatic carbocycles. The van der Waals surface area contributed by atoms with Gasteiger partial charge < -0.3 is 5.11 Å². The largest absolute Gasteiger partial charge is 0.392 e. The summed E-state index contributed by atoms with van der Waals surface area (Å²) in [6.45, 7) is 0.414. The van der Waals surface area contributed by atoms with E-state index in [1.807, 2.05) is 0 Å². The van der Waals surface area contributed by atoms with Gasteiger partial charge in [0, 0.05) is 6.54 Å². The predicted molar refractivity (Wildman–Crippen MR) is 76.5 cm³/mol. The summed E-state index contributed by atoms with van der Waals surface area (Å²) in [5, 5.41) is 9.09. The number of hydrogen-bond donors (Lipinski definition) is 2. The molecule has 4 nitrogen and oxygen atoms in total. The Morgan fingerprint density at radius 3 is 2.40 bits per heavy atom. The lowest BCUT2D eigenvalue weighted by Crippen LogP contribution is -2.31. The molecule has 0 atom stereocenters. The minimum Gasteiger partial charge on any atom is -0.392 e. The molecule has 5 heteroatoms. The summed E-state index contributed by atoms with van der Waals surface area (Å²) < 4.78 is 27.4. The Morgan fingerprint density at radius 2 is 1.85 bits per heavy atom. The SMILES string of the molecule is O=S(=O)(NCC(C1CC1)C1CC1)c1cccc(CO)c1. The lowest BCUT2D eigenvalue weighted by molar-refractivity contribution is 0.281. The van der Waals surface area contributed by atoms with E-state index in [1.165, 1.54) is 31.7 Å². The zero-order valence-electron chi connectivity index (χ0n) is 11.5. The lowest BCUT2D eigenvalue weighted by atomic mass is 9.99. The topological polar surface area (TPSA) is 66.4 Å². The van der Waals surface area contributed by atoms with Crippen LogP contribution in [0.4, 0.5) is 0 Å².